The SMILES string of the molecule is CCCC(CBr)Cc1nnn(C)n1. The van der Waals surface area contributed by atoms with E-state index in [0.717, 1.165) is 17.6 Å². The minimum Gasteiger partial charge on any atom is -0.167 e. The molecule has 0 bridgehead atoms. The lowest BCUT2D eigenvalue weighted by Gasteiger charge is -2.08. The van der Waals surface area contributed by atoms with Gasteiger partial charge in [0.25, 0.3) is 0 Å². The molecule has 1 aromatic heterocycles. The molecular formula is C8H15BrN4. The van der Waals surface area contributed by atoms with E-state index in [2.05, 4.69) is 38.3 Å². The molecule has 0 saturated carbocycles. The van der Waals surface area contributed by atoms with Crippen LogP contribution in [-0.2, 0) is 13.5 Å². The number of nitrogens with zero attached hydrogens (tertiary/aromatic N) is 4. The van der Waals surface area contributed by atoms with Gasteiger partial charge < -0.3 is 0 Å². The standard InChI is InChI=1S/C8H15BrN4/c1-3-4-7(6-9)5-8-10-12-13(2)11-8/h7H,3-6H2,1-2H3. The number of alkyl halides is 1. The van der Waals surface area contributed by atoms with Crippen LogP contribution in [0.4, 0.5) is 0 Å². The highest BCUT2D eigenvalue weighted by molar-refractivity contribution is 9.09. The van der Waals surface area contributed by atoms with Gasteiger partial charge in [-0.25, -0.2) is 0 Å². The van der Waals surface area contributed by atoms with Gasteiger partial charge in [-0.15, -0.1) is 10.2 Å². The van der Waals surface area contributed by atoms with E-state index in [9.17, 15) is 0 Å². The molecule has 0 radical (unpaired) electrons. The normalized spacial score (nSPS) is 13.2. The van der Waals surface area contributed by atoms with Crippen molar-refractivity contribution in [3.8, 4) is 0 Å². The summed E-state index contributed by atoms with van der Waals surface area (Å²) >= 11 is 3.50. The van der Waals surface area contributed by atoms with E-state index in [4.69, 9.17) is 0 Å². The fourth-order valence-electron chi connectivity index (χ4n) is 1.31. The molecule has 1 unspecified atom stereocenters. The van der Waals surface area contributed by atoms with Crippen LogP contribution in [0.15, 0.2) is 0 Å². The van der Waals surface area contributed by atoms with Gasteiger partial charge in [-0.3, -0.25) is 0 Å². The Kier molecular flexibility index (Phi) is 4.35. The van der Waals surface area contributed by atoms with E-state index in [1.165, 1.54) is 17.6 Å². The largest absolute Gasteiger partial charge is 0.175 e. The second kappa shape index (κ2) is 5.32. The average Bonchev–Trinajstić information content (AvgIpc) is 2.50. The molecule has 4 nitrogen and oxygen atoms in total. The topological polar surface area (TPSA) is 43.6 Å². The maximum atomic E-state index is 4.15. The van der Waals surface area contributed by atoms with Crippen LogP contribution < -0.4 is 0 Å². The third-order valence-corrected chi connectivity index (χ3v) is 2.85. The van der Waals surface area contributed by atoms with Crippen LogP contribution in [0.2, 0.25) is 0 Å². The van der Waals surface area contributed by atoms with Crippen LogP contribution >= 0.6 is 15.9 Å². The minimum absolute atomic E-state index is 0.634. The lowest BCUT2D eigenvalue weighted by atomic mass is 10.0. The third-order valence-electron chi connectivity index (χ3n) is 1.94. The summed E-state index contributed by atoms with van der Waals surface area (Å²) in [6, 6.07) is 0. The molecule has 0 aromatic carbocycles. The predicted octanol–water partition coefficient (Wildman–Crippen LogP) is 1.56. The first-order valence-electron chi connectivity index (χ1n) is 4.55. The molecule has 0 aliphatic carbocycles. The van der Waals surface area contributed by atoms with Gasteiger partial charge in [0.15, 0.2) is 5.82 Å². The second-order valence-electron chi connectivity index (χ2n) is 3.21. The quantitative estimate of drug-likeness (QED) is 0.741. The Morgan fingerprint density at radius 3 is 2.77 bits per heavy atom. The molecule has 0 amide bonds. The Morgan fingerprint density at radius 1 is 1.54 bits per heavy atom. The van der Waals surface area contributed by atoms with Gasteiger partial charge in [0.05, 0.1) is 7.05 Å². The van der Waals surface area contributed by atoms with Crippen LogP contribution in [0.25, 0.3) is 0 Å². The van der Waals surface area contributed by atoms with Gasteiger partial charge in [0.2, 0.25) is 0 Å². The van der Waals surface area contributed by atoms with Gasteiger partial charge in [-0.05, 0) is 17.6 Å². The molecule has 0 aliphatic rings. The number of halogens is 1. The van der Waals surface area contributed by atoms with Crippen molar-refractivity contribution in [3.05, 3.63) is 5.82 Å². The zero-order chi connectivity index (χ0) is 9.68. The average molecular weight is 247 g/mol. The van der Waals surface area contributed by atoms with Crippen LogP contribution in [0, 0.1) is 5.92 Å². The molecule has 5 heteroatoms. The Morgan fingerprint density at radius 2 is 2.31 bits per heavy atom. The highest BCUT2D eigenvalue weighted by atomic mass is 79.9. The summed E-state index contributed by atoms with van der Waals surface area (Å²) in [5.74, 6) is 1.48. The third kappa shape index (κ3) is 3.42. The van der Waals surface area contributed by atoms with Crippen molar-refractivity contribution in [2.45, 2.75) is 26.2 Å². The monoisotopic (exact) mass is 246 g/mol. The van der Waals surface area contributed by atoms with Gasteiger partial charge in [0, 0.05) is 11.8 Å². The summed E-state index contributed by atoms with van der Waals surface area (Å²) in [7, 11) is 1.79. The van der Waals surface area contributed by atoms with E-state index in [-0.39, 0.29) is 0 Å². The summed E-state index contributed by atoms with van der Waals surface area (Å²) in [6.07, 6.45) is 3.34. The van der Waals surface area contributed by atoms with E-state index in [1.54, 1.807) is 7.05 Å². The first-order chi connectivity index (χ1) is 6.26. The highest BCUT2D eigenvalue weighted by Gasteiger charge is 2.10. The number of rotatable bonds is 5. The Hall–Kier alpha value is -0.450. The Balaban J connectivity index is 2.46. The maximum absolute atomic E-state index is 4.15. The zero-order valence-electron chi connectivity index (χ0n) is 8.07. The van der Waals surface area contributed by atoms with Gasteiger partial charge in [-0.1, -0.05) is 29.3 Å². The number of aryl methyl sites for hydroxylation is 1. The minimum atomic E-state index is 0.634. The summed E-state index contributed by atoms with van der Waals surface area (Å²) in [4.78, 5) is 1.51. The molecule has 13 heavy (non-hydrogen) atoms. The van der Waals surface area contributed by atoms with Crippen LogP contribution in [0.3, 0.4) is 0 Å². The smallest absolute Gasteiger partial charge is 0.167 e. The summed E-state index contributed by atoms with van der Waals surface area (Å²) < 4.78 is 0. The number of aromatic nitrogens is 4. The fraction of sp³-hybridized carbons (Fsp3) is 0.875. The van der Waals surface area contributed by atoms with Crippen molar-refractivity contribution in [1.82, 2.24) is 20.2 Å². The zero-order valence-corrected chi connectivity index (χ0v) is 9.66. The van der Waals surface area contributed by atoms with E-state index >= 15 is 0 Å². The first kappa shape index (κ1) is 10.6. The van der Waals surface area contributed by atoms with Crippen LogP contribution in [0.1, 0.15) is 25.6 Å². The van der Waals surface area contributed by atoms with Crippen molar-refractivity contribution >= 4 is 15.9 Å². The highest BCUT2D eigenvalue weighted by Crippen LogP contribution is 2.13. The molecular weight excluding hydrogens is 232 g/mol. The molecule has 0 fully saturated rings. The van der Waals surface area contributed by atoms with Crippen LogP contribution in [-0.4, -0.2) is 25.5 Å². The lowest BCUT2D eigenvalue weighted by molar-refractivity contribution is 0.518. The molecule has 74 valence electrons. The van der Waals surface area contributed by atoms with Crippen molar-refractivity contribution < 1.29 is 0 Å². The van der Waals surface area contributed by atoms with Gasteiger partial charge >= 0.3 is 0 Å². The number of hydrogen-bond donors (Lipinski definition) is 0. The lowest BCUT2D eigenvalue weighted by Crippen LogP contribution is -2.07. The Bertz CT molecular complexity index is 248. The Labute approximate surface area is 86.8 Å². The molecule has 1 rings (SSSR count). The van der Waals surface area contributed by atoms with Crippen molar-refractivity contribution in [2.24, 2.45) is 13.0 Å². The van der Waals surface area contributed by atoms with Crippen LogP contribution in [0.5, 0.6) is 0 Å². The van der Waals surface area contributed by atoms with Gasteiger partial charge in [0.1, 0.15) is 0 Å². The number of tetrazole rings is 1. The van der Waals surface area contributed by atoms with Crippen molar-refractivity contribution in [3.63, 3.8) is 0 Å². The van der Waals surface area contributed by atoms with E-state index in [1.807, 2.05) is 0 Å². The molecule has 1 atom stereocenters. The molecule has 0 aliphatic heterocycles. The number of hydrogen-bond acceptors (Lipinski definition) is 3. The molecule has 1 aromatic rings. The second-order valence-corrected chi connectivity index (χ2v) is 3.86. The molecule has 0 spiro atoms. The molecule has 0 saturated heterocycles. The predicted molar refractivity (Wildman–Crippen MR) is 54.7 cm³/mol. The van der Waals surface area contributed by atoms with Crippen molar-refractivity contribution in [2.75, 3.05) is 5.33 Å². The van der Waals surface area contributed by atoms with E-state index in [0.29, 0.717) is 5.92 Å². The molecule has 1 heterocycles. The fourth-order valence-corrected chi connectivity index (χ4v) is 1.86. The summed E-state index contributed by atoms with van der Waals surface area (Å²) in [6.45, 7) is 2.19. The summed E-state index contributed by atoms with van der Waals surface area (Å²) in [5, 5.41) is 12.9. The van der Waals surface area contributed by atoms with Crippen molar-refractivity contribution in [1.29, 1.82) is 0 Å². The van der Waals surface area contributed by atoms with Gasteiger partial charge in [-0.2, -0.15) is 4.80 Å². The maximum Gasteiger partial charge on any atom is 0.175 e. The summed E-state index contributed by atoms with van der Waals surface area (Å²) in [5.41, 5.74) is 0. The van der Waals surface area contributed by atoms with E-state index < -0.39 is 0 Å². The molecule has 0 N–H and O–H groups in total. The first-order valence-corrected chi connectivity index (χ1v) is 5.67.